The summed E-state index contributed by atoms with van der Waals surface area (Å²) in [6, 6.07) is 0. The molecule has 0 aliphatic carbocycles. The second-order valence-electron chi connectivity index (χ2n) is 21.6. The molecule has 9 nitrogen and oxygen atoms in total. The standard InChI is InChI=1S/C36H74N4O.C25H49NO3/c1-5-8-11-14-17-20-23-26-38(27-24-21-18-15-12-9-6-2)31-32-39(28-25-22-19-16-13-10-7-3)35-36(41)40-33-29-37(4)30-34-40;1-3-5-7-9-10-11-12-13-15-17-20-26(22-23-27)21-18-24-29-25(28)19-16-14-8-6-4-2/h5-35H2,1-4H3;23H,3-22,24H2,1-2H3. The fourth-order valence-electron chi connectivity index (χ4n) is 9.75. The van der Waals surface area contributed by atoms with E-state index in [0.29, 0.717) is 32.0 Å². The van der Waals surface area contributed by atoms with Crippen molar-refractivity contribution in [3.05, 3.63) is 0 Å². The predicted octanol–water partition coefficient (Wildman–Crippen LogP) is 15.3. The van der Waals surface area contributed by atoms with Crippen LogP contribution in [0.3, 0.4) is 0 Å². The van der Waals surface area contributed by atoms with Crippen molar-refractivity contribution in [3.63, 3.8) is 0 Å². The van der Waals surface area contributed by atoms with Gasteiger partial charge >= 0.3 is 5.97 Å². The number of carbonyl (C=O) groups is 3. The van der Waals surface area contributed by atoms with E-state index in [-0.39, 0.29) is 5.97 Å². The third-order valence-corrected chi connectivity index (χ3v) is 14.7. The monoisotopic (exact) mass is 990 g/mol. The number of likely N-dealkylation sites (N-methyl/N-ethyl adjacent to an activating group) is 1. The van der Waals surface area contributed by atoms with Crippen LogP contribution in [0.25, 0.3) is 0 Å². The summed E-state index contributed by atoms with van der Waals surface area (Å²) in [5.41, 5.74) is 0. The number of rotatable bonds is 52. The van der Waals surface area contributed by atoms with Gasteiger partial charge in [0.25, 0.3) is 0 Å². The van der Waals surface area contributed by atoms with Gasteiger partial charge in [-0.1, -0.05) is 234 Å². The van der Waals surface area contributed by atoms with E-state index in [0.717, 1.165) is 90.9 Å². The number of aldehydes is 1. The zero-order valence-electron chi connectivity index (χ0n) is 48.2. The van der Waals surface area contributed by atoms with Gasteiger partial charge in [0.15, 0.2) is 0 Å². The molecule has 0 bridgehead atoms. The molecule has 0 unspecified atom stereocenters. The normalized spacial score (nSPS) is 13.1. The van der Waals surface area contributed by atoms with Gasteiger partial charge in [0.1, 0.15) is 6.29 Å². The zero-order valence-corrected chi connectivity index (χ0v) is 48.2. The number of piperazine rings is 1. The fourth-order valence-corrected chi connectivity index (χ4v) is 9.75. The topological polar surface area (TPSA) is 76.6 Å². The summed E-state index contributed by atoms with van der Waals surface area (Å²) >= 11 is 0. The summed E-state index contributed by atoms with van der Waals surface area (Å²) in [7, 11) is 2.17. The summed E-state index contributed by atoms with van der Waals surface area (Å²) in [6.07, 6.45) is 50.0. The lowest BCUT2D eigenvalue weighted by Gasteiger charge is -2.34. The lowest BCUT2D eigenvalue weighted by Crippen LogP contribution is -2.50. The highest BCUT2D eigenvalue weighted by atomic mass is 16.5. The number of carbonyl (C=O) groups excluding carboxylic acids is 3. The summed E-state index contributed by atoms with van der Waals surface area (Å²) in [5, 5.41) is 0. The zero-order chi connectivity index (χ0) is 51.2. The summed E-state index contributed by atoms with van der Waals surface area (Å²) in [6.45, 7) is 24.3. The molecule has 70 heavy (non-hydrogen) atoms. The SMILES string of the molecule is CCCCCCCCCCCCN(CC=O)CCCOC(=O)CCCCCCC.CCCCCCCCCN(CCCCCCCCC)CCN(CCCCCCCCC)CC(=O)N1CCN(C)CC1. The summed E-state index contributed by atoms with van der Waals surface area (Å²) in [5.74, 6) is 0.282. The van der Waals surface area contributed by atoms with Crippen LogP contribution in [-0.2, 0) is 19.1 Å². The average Bonchev–Trinajstić information content (AvgIpc) is 3.36. The van der Waals surface area contributed by atoms with E-state index in [4.69, 9.17) is 4.74 Å². The van der Waals surface area contributed by atoms with Crippen molar-refractivity contribution in [1.82, 2.24) is 24.5 Å². The van der Waals surface area contributed by atoms with Gasteiger partial charge in [0, 0.05) is 52.2 Å². The molecule has 416 valence electrons. The number of hydrogen-bond donors (Lipinski definition) is 0. The molecule has 1 aliphatic heterocycles. The van der Waals surface area contributed by atoms with Crippen LogP contribution in [0.4, 0.5) is 0 Å². The maximum atomic E-state index is 13.3. The molecule has 0 saturated carbocycles. The van der Waals surface area contributed by atoms with Crippen molar-refractivity contribution in [1.29, 1.82) is 0 Å². The van der Waals surface area contributed by atoms with E-state index in [2.05, 4.69) is 66.2 Å². The third kappa shape index (κ3) is 47.5. The minimum Gasteiger partial charge on any atom is -0.466 e. The first-order chi connectivity index (χ1) is 34.3. The molecule has 1 heterocycles. The van der Waals surface area contributed by atoms with Crippen molar-refractivity contribution in [2.75, 3.05) is 98.7 Å². The Morgan fingerprint density at radius 1 is 0.400 bits per heavy atom. The number of hydrogen-bond acceptors (Lipinski definition) is 8. The van der Waals surface area contributed by atoms with Gasteiger partial charge in [-0.2, -0.15) is 0 Å². The molecule has 0 aromatic carbocycles. The van der Waals surface area contributed by atoms with E-state index >= 15 is 0 Å². The van der Waals surface area contributed by atoms with Crippen LogP contribution in [0.5, 0.6) is 0 Å². The van der Waals surface area contributed by atoms with Gasteiger partial charge in [-0.15, -0.1) is 0 Å². The second-order valence-corrected chi connectivity index (χ2v) is 21.6. The molecule has 0 radical (unpaired) electrons. The summed E-state index contributed by atoms with van der Waals surface area (Å²) < 4.78 is 5.33. The van der Waals surface area contributed by atoms with E-state index in [1.54, 1.807) is 0 Å². The van der Waals surface area contributed by atoms with Crippen molar-refractivity contribution < 1.29 is 19.1 Å². The van der Waals surface area contributed by atoms with Crippen molar-refractivity contribution in [3.8, 4) is 0 Å². The van der Waals surface area contributed by atoms with Gasteiger partial charge in [-0.3, -0.25) is 19.4 Å². The number of esters is 1. The highest BCUT2D eigenvalue weighted by Crippen LogP contribution is 2.14. The number of ether oxygens (including phenoxy) is 1. The lowest BCUT2D eigenvalue weighted by atomic mass is 10.1. The van der Waals surface area contributed by atoms with Gasteiger partial charge < -0.3 is 24.2 Å². The van der Waals surface area contributed by atoms with Crippen molar-refractivity contribution in [2.24, 2.45) is 0 Å². The highest BCUT2D eigenvalue weighted by Gasteiger charge is 2.21. The first-order valence-corrected chi connectivity index (χ1v) is 31.1. The maximum absolute atomic E-state index is 13.3. The van der Waals surface area contributed by atoms with Crippen LogP contribution in [-0.4, -0.2) is 141 Å². The Balaban J connectivity index is 0.00000145. The molecule has 0 atom stereocenters. The molecule has 1 fully saturated rings. The first-order valence-electron chi connectivity index (χ1n) is 31.1. The van der Waals surface area contributed by atoms with Crippen LogP contribution in [0.1, 0.15) is 279 Å². The fraction of sp³-hybridized carbons (Fsp3) is 0.951. The van der Waals surface area contributed by atoms with Gasteiger partial charge in [0.05, 0.1) is 19.7 Å². The van der Waals surface area contributed by atoms with Crippen LogP contribution >= 0.6 is 0 Å². The summed E-state index contributed by atoms with van der Waals surface area (Å²) in [4.78, 5) is 47.8. The number of nitrogens with zero attached hydrogens (tertiary/aromatic N) is 5. The van der Waals surface area contributed by atoms with Gasteiger partial charge in [-0.05, 0) is 71.8 Å². The van der Waals surface area contributed by atoms with E-state index < -0.39 is 0 Å². The van der Waals surface area contributed by atoms with Gasteiger partial charge in [-0.25, -0.2) is 0 Å². The molecule has 0 aromatic rings. The van der Waals surface area contributed by atoms with Crippen molar-refractivity contribution in [2.45, 2.75) is 279 Å². The Bertz CT molecular complexity index is 1070. The van der Waals surface area contributed by atoms with Crippen LogP contribution < -0.4 is 0 Å². The van der Waals surface area contributed by atoms with Crippen LogP contribution in [0.15, 0.2) is 0 Å². The van der Waals surface area contributed by atoms with Crippen LogP contribution in [0.2, 0.25) is 0 Å². The smallest absolute Gasteiger partial charge is 0.305 e. The number of unbranched alkanes of at least 4 members (excludes halogenated alkanes) is 31. The molecule has 1 saturated heterocycles. The van der Waals surface area contributed by atoms with Gasteiger partial charge in [0.2, 0.25) is 5.91 Å². The Kier molecular flexibility index (Phi) is 54.0. The molecule has 0 N–H and O–H groups in total. The molecular formula is C61H123N5O4. The number of amides is 1. The maximum Gasteiger partial charge on any atom is 0.305 e. The minimum absolute atomic E-state index is 0.0712. The Morgan fingerprint density at radius 2 is 0.729 bits per heavy atom. The van der Waals surface area contributed by atoms with Crippen molar-refractivity contribution >= 4 is 18.2 Å². The molecular weight excluding hydrogens is 867 g/mol. The quantitative estimate of drug-likeness (QED) is 0.0339. The largest absolute Gasteiger partial charge is 0.466 e. The molecule has 9 heteroatoms. The molecule has 1 amide bonds. The average molecular weight is 991 g/mol. The Morgan fingerprint density at radius 3 is 1.13 bits per heavy atom. The molecule has 1 rings (SSSR count). The molecule has 1 aliphatic rings. The highest BCUT2D eigenvalue weighted by molar-refractivity contribution is 5.78. The third-order valence-electron chi connectivity index (χ3n) is 14.7. The minimum atomic E-state index is -0.0712. The molecule has 0 spiro atoms. The lowest BCUT2D eigenvalue weighted by molar-refractivity contribution is -0.144. The Labute approximate surface area is 437 Å². The van der Waals surface area contributed by atoms with E-state index in [1.807, 2.05) is 0 Å². The molecule has 0 aromatic heterocycles. The van der Waals surface area contributed by atoms with E-state index in [1.165, 1.54) is 225 Å². The second kappa shape index (κ2) is 55.2. The van der Waals surface area contributed by atoms with Crippen LogP contribution in [0, 0.1) is 0 Å². The Hall–Kier alpha value is -1.55. The first kappa shape index (κ1) is 68.5. The van der Waals surface area contributed by atoms with E-state index in [9.17, 15) is 14.4 Å². The predicted molar refractivity (Wildman–Crippen MR) is 304 cm³/mol.